The van der Waals surface area contributed by atoms with Gasteiger partial charge in [0.2, 0.25) is 11.8 Å². The minimum absolute atomic E-state index is 0.0280. The van der Waals surface area contributed by atoms with Gasteiger partial charge in [-0.2, -0.15) is 0 Å². The number of piperazine rings is 1. The van der Waals surface area contributed by atoms with Crippen LogP contribution in [0.15, 0.2) is 0 Å². The lowest BCUT2D eigenvalue weighted by molar-refractivity contribution is -0.148. The van der Waals surface area contributed by atoms with Crippen molar-refractivity contribution in [3.63, 3.8) is 0 Å². The average molecular weight is 191 g/mol. The van der Waals surface area contributed by atoms with Crippen molar-refractivity contribution < 1.29 is 9.59 Å². The quantitative estimate of drug-likeness (QED) is 0.553. The third kappa shape index (κ3) is 1.88. The zero-order valence-electron chi connectivity index (χ0n) is 6.92. The maximum atomic E-state index is 11.2. The maximum Gasteiger partial charge on any atom is 0.242 e. The molecule has 0 N–H and O–H groups in total. The summed E-state index contributed by atoms with van der Waals surface area (Å²) in [4.78, 5) is 25.2. The molecule has 0 atom stereocenters. The van der Waals surface area contributed by atoms with Crippen LogP contribution >= 0.6 is 11.6 Å². The van der Waals surface area contributed by atoms with Crippen LogP contribution in [0.3, 0.4) is 0 Å². The summed E-state index contributed by atoms with van der Waals surface area (Å²) in [5, 5.41) is 0. The highest BCUT2D eigenvalue weighted by molar-refractivity contribution is 6.18. The molecular weight excluding hydrogens is 180 g/mol. The highest BCUT2D eigenvalue weighted by atomic mass is 35.5. The minimum atomic E-state index is -0.0299. The predicted molar refractivity (Wildman–Crippen MR) is 44.9 cm³/mol. The van der Waals surface area contributed by atoms with Gasteiger partial charge in [-0.05, 0) is 0 Å². The first-order chi connectivity index (χ1) is 5.65. The summed E-state index contributed by atoms with van der Waals surface area (Å²) >= 11 is 5.47. The Kier molecular flexibility index (Phi) is 2.92. The van der Waals surface area contributed by atoms with E-state index in [1.807, 2.05) is 0 Å². The van der Waals surface area contributed by atoms with Gasteiger partial charge in [0.05, 0.1) is 13.1 Å². The third-order valence-corrected chi connectivity index (χ3v) is 2.00. The molecule has 1 saturated heterocycles. The molecule has 0 aromatic heterocycles. The molecule has 68 valence electrons. The Bertz CT molecular complexity index is 208. The fraction of sp³-hybridized carbons (Fsp3) is 0.714. The largest absolute Gasteiger partial charge is 0.335 e. The van der Waals surface area contributed by atoms with Gasteiger partial charge in [-0.3, -0.25) is 9.59 Å². The summed E-state index contributed by atoms with van der Waals surface area (Å²) in [7, 11) is 1.62. The van der Waals surface area contributed by atoms with E-state index in [4.69, 9.17) is 11.6 Å². The molecule has 2 amide bonds. The van der Waals surface area contributed by atoms with Gasteiger partial charge in [-0.1, -0.05) is 0 Å². The van der Waals surface area contributed by atoms with Crippen molar-refractivity contribution in [1.29, 1.82) is 0 Å². The van der Waals surface area contributed by atoms with Crippen LogP contribution in [-0.2, 0) is 9.59 Å². The molecule has 0 aliphatic carbocycles. The van der Waals surface area contributed by atoms with E-state index in [0.717, 1.165) is 0 Å². The van der Waals surface area contributed by atoms with Crippen molar-refractivity contribution in [3.8, 4) is 0 Å². The van der Waals surface area contributed by atoms with Crippen molar-refractivity contribution in [2.24, 2.45) is 0 Å². The summed E-state index contributed by atoms with van der Waals surface area (Å²) in [5.41, 5.74) is 0. The first-order valence-corrected chi connectivity index (χ1v) is 4.26. The van der Waals surface area contributed by atoms with Crippen molar-refractivity contribution in [2.45, 2.75) is 0 Å². The third-order valence-electron chi connectivity index (χ3n) is 1.83. The molecule has 1 aliphatic heterocycles. The zero-order chi connectivity index (χ0) is 9.14. The molecule has 1 fully saturated rings. The second kappa shape index (κ2) is 3.76. The van der Waals surface area contributed by atoms with Crippen molar-refractivity contribution in [3.05, 3.63) is 0 Å². The molecule has 12 heavy (non-hydrogen) atoms. The molecule has 0 aromatic carbocycles. The Morgan fingerprint density at radius 1 is 1.33 bits per heavy atom. The van der Waals surface area contributed by atoms with Gasteiger partial charge in [-0.25, -0.2) is 0 Å². The van der Waals surface area contributed by atoms with E-state index in [-0.39, 0.29) is 24.9 Å². The van der Waals surface area contributed by atoms with Crippen LogP contribution in [0.2, 0.25) is 0 Å². The standard InChI is InChI=1S/C7H11ClN2O2/c1-9-4-7(12)10(3-2-8)5-6(9)11/h2-5H2,1H3. The number of carbonyl (C=O) groups excluding carboxylic acids is 2. The molecule has 1 heterocycles. The van der Waals surface area contributed by atoms with Crippen LogP contribution in [0.4, 0.5) is 0 Å². The summed E-state index contributed by atoms with van der Waals surface area (Å²) < 4.78 is 0. The summed E-state index contributed by atoms with van der Waals surface area (Å²) in [6, 6.07) is 0. The predicted octanol–water partition coefficient (Wildman–Crippen LogP) is -0.474. The van der Waals surface area contributed by atoms with Crippen molar-refractivity contribution in [2.75, 3.05) is 32.6 Å². The lowest BCUT2D eigenvalue weighted by Crippen LogP contribution is -2.52. The summed E-state index contributed by atoms with van der Waals surface area (Å²) in [6.07, 6.45) is 0. The molecular formula is C7H11ClN2O2. The van der Waals surface area contributed by atoms with Crippen molar-refractivity contribution in [1.82, 2.24) is 9.80 Å². The molecule has 0 saturated carbocycles. The van der Waals surface area contributed by atoms with E-state index in [1.165, 1.54) is 9.80 Å². The Hall–Kier alpha value is -0.770. The zero-order valence-corrected chi connectivity index (χ0v) is 7.67. The molecule has 0 unspecified atom stereocenters. The first kappa shape index (κ1) is 9.32. The highest BCUT2D eigenvalue weighted by Crippen LogP contribution is 2.02. The summed E-state index contributed by atoms with van der Waals surface area (Å²) in [5.74, 6) is 0.320. The number of hydrogen-bond donors (Lipinski definition) is 0. The molecule has 5 heteroatoms. The van der Waals surface area contributed by atoms with E-state index in [0.29, 0.717) is 12.4 Å². The molecule has 0 radical (unpaired) electrons. The molecule has 0 spiro atoms. The lowest BCUT2D eigenvalue weighted by Gasteiger charge is -2.30. The van der Waals surface area contributed by atoms with Crippen LogP contribution in [0.5, 0.6) is 0 Å². The van der Waals surface area contributed by atoms with Crippen LogP contribution in [-0.4, -0.2) is 54.2 Å². The monoisotopic (exact) mass is 190 g/mol. The second-order valence-corrected chi connectivity index (χ2v) is 3.13. The molecule has 0 aromatic rings. The Balaban J connectivity index is 2.55. The topological polar surface area (TPSA) is 40.6 Å². The smallest absolute Gasteiger partial charge is 0.242 e. The first-order valence-electron chi connectivity index (χ1n) is 3.73. The highest BCUT2D eigenvalue weighted by Gasteiger charge is 2.26. The fourth-order valence-corrected chi connectivity index (χ4v) is 1.27. The molecule has 1 rings (SSSR count). The van der Waals surface area contributed by atoms with Crippen LogP contribution in [0.25, 0.3) is 0 Å². The minimum Gasteiger partial charge on any atom is -0.335 e. The number of carbonyl (C=O) groups is 2. The number of likely N-dealkylation sites (N-methyl/N-ethyl adjacent to an activating group) is 1. The van der Waals surface area contributed by atoms with E-state index in [2.05, 4.69) is 0 Å². The average Bonchev–Trinajstić information content (AvgIpc) is 2.01. The van der Waals surface area contributed by atoms with Crippen LogP contribution in [0.1, 0.15) is 0 Å². The van der Waals surface area contributed by atoms with Gasteiger partial charge in [0, 0.05) is 19.5 Å². The van der Waals surface area contributed by atoms with E-state index in [1.54, 1.807) is 7.05 Å². The number of halogens is 1. The second-order valence-electron chi connectivity index (χ2n) is 2.75. The Morgan fingerprint density at radius 3 is 2.58 bits per heavy atom. The fourth-order valence-electron chi connectivity index (χ4n) is 1.07. The number of nitrogens with zero attached hydrogens (tertiary/aromatic N) is 2. The van der Waals surface area contributed by atoms with Crippen molar-refractivity contribution >= 4 is 23.4 Å². The lowest BCUT2D eigenvalue weighted by atomic mass is 10.3. The number of rotatable bonds is 2. The number of alkyl halides is 1. The van der Waals surface area contributed by atoms with E-state index < -0.39 is 0 Å². The number of amides is 2. The number of hydrogen-bond acceptors (Lipinski definition) is 2. The summed E-state index contributed by atoms with van der Waals surface area (Å²) in [6.45, 7) is 0.803. The van der Waals surface area contributed by atoms with E-state index >= 15 is 0 Å². The van der Waals surface area contributed by atoms with Gasteiger partial charge in [0.25, 0.3) is 0 Å². The van der Waals surface area contributed by atoms with Gasteiger partial charge in [0.1, 0.15) is 0 Å². The van der Waals surface area contributed by atoms with E-state index in [9.17, 15) is 9.59 Å². The molecule has 0 bridgehead atoms. The maximum absolute atomic E-state index is 11.2. The van der Waals surface area contributed by atoms with Gasteiger partial charge in [-0.15, -0.1) is 11.6 Å². The Morgan fingerprint density at radius 2 is 2.00 bits per heavy atom. The van der Waals surface area contributed by atoms with Crippen LogP contribution in [0, 0.1) is 0 Å². The molecule has 4 nitrogen and oxygen atoms in total. The SMILES string of the molecule is CN1CC(=O)N(CCCl)CC1=O. The van der Waals surface area contributed by atoms with Gasteiger partial charge >= 0.3 is 0 Å². The molecule has 1 aliphatic rings. The Labute approximate surface area is 76.1 Å². The normalized spacial score (nSPS) is 18.8. The van der Waals surface area contributed by atoms with Crippen LogP contribution < -0.4 is 0 Å². The van der Waals surface area contributed by atoms with Gasteiger partial charge < -0.3 is 9.80 Å². The van der Waals surface area contributed by atoms with Gasteiger partial charge in [0.15, 0.2) is 0 Å².